The molecule has 0 aliphatic heterocycles. The van der Waals surface area contributed by atoms with E-state index in [2.05, 4.69) is 27.7 Å². The standard InChI is InChI=1S/C17H28N2O/c1-13(2)12-19(14(3)4)17(20)11-10-16(18)15-8-6-5-7-9-15/h5-9,13-14,16H,10-12,18H2,1-4H3. The normalized spacial score (nSPS) is 12.8. The summed E-state index contributed by atoms with van der Waals surface area (Å²) in [6.45, 7) is 9.22. The third-order valence-corrected chi connectivity index (χ3v) is 3.40. The predicted molar refractivity (Wildman–Crippen MR) is 84.3 cm³/mol. The van der Waals surface area contributed by atoms with Gasteiger partial charge in [0.1, 0.15) is 0 Å². The summed E-state index contributed by atoms with van der Waals surface area (Å²) in [6.07, 6.45) is 1.21. The van der Waals surface area contributed by atoms with Gasteiger partial charge in [0.2, 0.25) is 5.91 Å². The molecule has 0 aliphatic rings. The Morgan fingerprint density at radius 1 is 1.15 bits per heavy atom. The molecule has 0 aromatic heterocycles. The fourth-order valence-corrected chi connectivity index (χ4v) is 2.28. The van der Waals surface area contributed by atoms with E-state index in [0.717, 1.165) is 12.1 Å². The van der Waals surface area contributed by atoms with Crippen molar-refractivity contribution in [2.75, 3.05) is 6.54 Å². The molecule has 0 aliphatic carbocycles. The highest BCUT2D eigenvalue weighted by atomic mass is 16.2. The van der Waals surface area contributed by atoms with Gasteiger partial charge in [0.15, 0.2) is 0 Å². The molecule has 0 fully saturated rings. The smallest absolute Gasteiger partial charge is 0.222 e. The highest BCUT2D eigenvalue weighted by Crippen LogP contribution is 2.17. The molecule has 1 amide bonds. The van der Waals surface area contributed by atoms with E-state index in [0.29, 0.717) is 18.8 Å². The minimum atomic E-state index is -0.0618. The number of nitrogens with two attached hydrogens (primary N) is 1. The minimum Gasteiger partial charge on any atom is -0.340 e. The fourth-order valence-electron chi connectivity index (χ4n) is 2.28. The van der Waals surface area contributed by atoms with Gasteiger partial charge in [-0.05, 0) is 31.7 Å². The summed E-state index contributed by atoms with van der Waals surface area (Å²) in [7, 11) is 0. The van der Waals surface area contributed by atoms with E-state index in [9.17, 15) is 4.79 Å². The number of hydrogen-bond donors (Lipinski definition) is 1. The molecule has 1 aromatic carbocycles. The summed E-state index contributed by atoms with van der Waals surface area (Å²) >= 11 is 0. The van der Waals surface area contributed by atoms with Gasteiger partial charge in [-0.25, -0.2) is 0 Å². The van der Waals surface area contributed by atoms with Gasteiger partial charge in [0.05, 0.1) is 0 Å². The first-order valence-electron chi connectivity index (χ1n) is 7.51. The van der Waals surface area contributed by atoms with Crippen LogP contribution >= 0.6 is 0 Å². The lowest BCUT2D eigenvalue weighted by Gasteiger charge is -2.29. The quantitative estimate of drug-likeness (QED) is 0.830. The number of nitrogens with zero attached hydrogens (tertiary/aromatic N) is 1. The van der Waals surface area contributed by atoms with Gasteiger partial charge >= 0.3 is 0 Å². The van der Waals surface area contributed by atoms with Crippen LogP contribution in [0.25, 0.3) is 0 Å². The molecule has 112 valence electrons. The second-order valence-electron chi connectivity index (χ2n) is 6.09. The van der Waals surface area contributed by atoms with Crippen molar-refractivity contribution in [2.24, 2.45) is 11.7 Å². The summed E-state index contributed by atoms with van der Waals surface area (Å²) in [5.74, 6) is 0.698. The topological polar surface area (TPSA) is 46.3 Å². The molecule has 0 bridgehead atoms. The third-order valence-electron chi connectivity index (χ3n) is 3.40. The Hall–Kier alpha value is -1.35. The second kappa shape index (κ2) is 8.05. The van der Waals surface area contributed by atoms with Crippen molar-refractivity contribution in [3.05, 3.63) is 35.9 Å². The zero-order chi connectivity index (χ0) is 15.1. The Morgan fingerprint density at radius 3 is 2.25 bits per heavy atom. The van der Waals surface area contributed by atoms with E-state index in [1.807, 2.05) is 35.2 Å². The molecule has 3 nitrogen and oxygen atoms in total. The van der Waals surface area contributed by atoms with Crippen LogP contribution in [0.4, 0.5) is 0 Å². The number of benzene rings is 1. The largest absolute Gasteiger partial charge is 0.340 e. The van der Waals surface area contributed by atoms with Crippen molar-refractivity contribution in [1.82, 2.24) is 4.90 Å². The lowest BCUT2D eigenvalue weighted by atomic mass is 10.0. The van der Waals surface area contributed by atoms with Gasteiger partial charge < -0.3 is 10.6 Å². The maximum atomic E-state index is 12.3. The van der Waals surface area contributed by atoms with Crippen molar-refractivity contribution in [1.29, 1.82) is 0 Å². The average molecular weight is 276 g/mol. The Kier molecular flexibility index (Phi) is 6.73. The zero-order valence-corrected chi connectivity index (χ0v) is 13.2. The average Bonchev–Trinajstić information content (AvgIpc) is 2.42. The molecule has 0 heterocycles. The van der Waals surface area contributed by atoms with E-state index in [-0.39, 0.29) is 18.0 Å². The number of amides is 1. The molecule has 1 aromatic rings. The summed E-state index contributed by atoms with van der Waals surface area (Å²) in [4.78, 5) is 14.3. The van der Waals surface area contributed by atoms with E-state index in [1.165, 1.54) is 0 Å². The van der Waals surface area contributed by atoms with Crippen LogP contribution < -0.4 is 5.73 Å². The Bertz CT molecular complexity index is 401. The van der Waals surface area contributed by atoms with Gasteiger partial charge in [0, 0.05) is 25.0 Å². The highest BCUT2D eigenvalue weighted by molar-refractivity contribution is 5.76. The maximum Gasteiger partial charge on any atom is 0.222 e. The molecule has 0 spiro atoms. The van der Waals surface area contributed by atoms with Crippen molar-refractivity contribution in [3.63, 3.8) is 0 Å². The number of rotatable bonds is 7. The predicted octanol–water partition coefficient (Wildman–Crippen LogP) is 3.36. The molecular formula is C17H28N2O. The Morgan fingerprint density at radius 2 is 1.75 bits per heavy atom. The lowest BCUT2D eigenvalue weighted by molar-refractivity contribution is -0.133. The first-order valence-corrected chi connectivity index (χ1v) is 7.51. The van der Waals surface area contributed by atoms with E-state index >= 15 is 0 Å². The monoisotopic (exact) mass is 276 g/mol. The van der Waals surface area contributed by atoms with Crippen LogP contribution in [0.1, 0.15) is 52.1 Å². The highest BCUT2D eigenvalue weighted by Gasteiger charge is 2.18. The molecule has 1 atom stereocenters. The van der Waals surface area contributed by atoms with E-state index in [4.69, 9.17) is 5.73 Å². The molecule has 2 N–H and O–H groups in total. The molecular weight excluding hydrogens is 248 g/mol. The van der Waals surface area contributed by atoms with Crippen molar-refractivity contribution in [2.45, 2.75) is 52.6 Å². The molecule has 0 radical (unpaired) electrons. The number of carbonyl (C=O) groups excluding carboxylic acids is 1. The maximum absolute atomic E-state index is 12.3. The van der Waals surface area contributed by atoms with Crippen molar-refractivity contribution in [3.8, 4) is 0 Å². The molecule has 0 saturated heterocycles. The van der Waals surface area contributed by atoms with Gasteiger partial charge in [-0.1, -0.05) is 44.2 Å². The molecule has 1 unspecified atom stereocenters. The first kappa shape index (κ1) is 16.7. The third kappa shape index (κ3) is 5.33. The lowest BCUT2D eigenvalue weighted by Crippen LogP contribution is -2.39. The summed E-state index contributed by atoms with van der Waals surface area (Å²) in [5, 5.41) is 0. The molecule has 3 heteroatoms. The van der Waals surface area contributed by atoms with Crippen LogP contribution in [0.2, 0.25) is 0 Å². The van der Waals surface area contributed by atoms with E-state index < -0.39 is 0 Å². The van der Waals surface area contributed by atoms with Crippen LogP contribution in [0.5, 0.6) is 0 Å². The molecule has 0 saturated carbocycles. The Balaban J connectivity index is 2.52. The van der Waals surface area contributed by atoms with E-state index in [1.54, 1.807) is 0 Å². The fraction of sp³-hybridized carbons (Fsp3) is 0.588. The van der Waals surface area contributed by atoms with Crippen LogP contribution in [-0.4, -0.2) is 23.4 Å². The Labute approximate surface area is 123 Å². The van der Waals surface area contributed by atoms with Gasteiger partial charge in [-0.2, -0.15) is 0 Å². The molecule has 1 rings (SSSR count). The first-order chi connectivity index (χ1) is 9.41. The van der Waals surface area contributed by atoms with Gasteiger partial charge in [-0.15, -0.1) is 0 Å². The van der Waals surface area contributed by atoms with Crippen LogP contribution in [0, 0.1) is 5.92 Å². The summed E-state index contributed by atoms with van der Waals surface area (Å²) in [6, 6.07) is 10.2. The van der Waals surface area contributed by atoms with Crippen LogP contribution in [0.3, 0.4) is 0 Å². The minimum absolute atomic E-state index is 0.0618. The summed E-state index contributed by atoms with van der Waals surface area (Å²) < 4.78 is 0. The van der Waals surface area contributed by atoms with Gasteiger partial charge in [0.25, 0.3) is 0 Å². The van der Waals surface area contributed by atoms with Crippen LogP contribution in [-0.2, 0) is 4.79 Å². The second-order valence-corrected chi connectivity index (χ2v) is 6.09. The van der Waals surface area contributed by atoms with Crippen LogP contribution in [0.15, 0.2) is 30.3 Å². The SMILES string of the molecule is CC(C)CN(C(=O)CCC(N)c1ccccc1)C(C)C. The van der Waals surface area contributed by atoms with Crippen molar-refractivity contribution < 1.29 is 4.79 Å². The summed E-state index contributed by atoms with van der Waals surface area (Å²) in [5.41, 5.74) is 7.25. The molecule has 20 heavy (non-hydrogen) atoms. The van der Waals surface area contributed by atoms with Gasteiger partial charge in [-0.3, -0.25) is 4.79 Å². The van der Waals surface area contributed by atoms with Crippen molar-refractivity contribution >= 4 is 5.91 Å². The number of carbonyl (C=O) groups is 1. The zero-order valence-electron chi connectivity index (χ0n) is 13.2. The number of hydrogen-bond acceptors (Lipinski definition) is 2.